The van der Waals surface area contributed by atoms with Gasteiger partial charge in [-0.15, -0.1) is 0 Å². The lowest BCUT2D eigenvalue weighted by molar-refractivity contribution is 0.415. The van der Waals surface area contributed by atoms with Crippen molar-refractivity contribution < 1.29 is 9.84 Å². The molecule has 2 aromatic carbocycles. The first-order chi connectivity index (χ1) is 15.5. The number of rotatable bonds is 5. The molecule has 0 amide bonds. The monoisotopic (exact) mass is 428 g/mol. The Labute approximate surface area is 181 Å². The summed E-state index contributed by atoms with van der Waals surface area (Å²) in [5, 5.41) is 11.5. The molecular formula is C24H20N4O4. The van der Waals surface area contributed by atoms with Crippen LogP contribution in [0.2, 0.25) is 0 Å². The zero-order chi connectivity index (χ0) is 22.2. The number of pyridine rings is 1. The molecule has 160 valence electrons. The number of phenols is 1. The quantitative estimate of drug-likeness (QED) is 0.398. The highest BCUT2D eigenvalue weighted by Gasteiger charge is 2.13. The molecule has 0 fully saturated rings. The first-order valence-electron chi connectivity index (χ1n) is 10.1. The molecule has 0 spiro atoms. The third-order valence-electron chi connectivity index (χ3n) is 5.60. The molecule has 0 aliphatic rings. The van der Waals surface area contributed by atoms with E-state index in [0.717, 1.165) is 22.2 Å². The van der Waals surface area contributed by atoms with Crippen molar-refractivity contribution in [3.05, 3.63) is 87.2 Å². The summed E-state index contributed by atoms with van der Waals surface area (Å²) >= 11 is 0. The molecule has 3 N–H and O–H groups in total. The van der Waals surface area contributed by atoms with E-state index in [1.54, 1.807) is 43.5 Å². The van der Waals surface area contributed by atoms with Gasteiger partial charge in [-0.1, -0.05) is 12.1 Å². The lowest BCUT2D eigenvalue weighted by Crippen LogP contribution is -2.31. The van der Waals surface area contributed by atoms with Gasteiger partial charge in [-0.05, 0) is 54.4 Å². The molecule has 8 nitrogen and oxygen atoms in total. The molecule has 0 aliphatic carbocycles. The van der Waals surface area contributed by atoms with Gasteiger partial charge in [0.05, 0.1) is 18.2 Å². The molecule has 0 aliphatic heterocycles. The number of phenolic OH excluding ortho intramolecular Hbond substituents is 1. The summed E-state index contributed by atoms with van der Waals surface area (Å²) in [5.74, 6) is 0.824. The molecule has 0 atom stereocenters. The van der Waals surface area contributed by atoms with E-state index in [-0.39, 0.29) is 11.4 Å². The van der Waals surface area contributed by atoms with Crippen LogP contribution in [-0.2, 0) is 13.0 Å². The average Bonchev–Trinajstić information content (AvgIpc) is 3.21. The maximum Gasteiger partial charge on any atom is 0.330 e. The molecule has 0 unspecified atom stereocenters. The normalized spacial score (nSPS) is 11.3. The number of ether oxygens (including phenoxy) is 1. The fourth-order valence-electron chi connectivity index (χ4n) is 3.93. The number of aromatic amines is 2. The van der Waals surface area contributed by atoms with Crippen molar-refractivity contribution in [2.45, 2.75) is 13.0 Å². The SMILES string of the molecule is COc1ccc2[nH]cc(CCn3c(=O)[nH]c(=O)c4ccc(-c5ccccc5O)nc43)c2c1. The van der Waals surface area contributed by atoms with E-state index in [1.165, 1.54) is 4.57 Å². The summed E-state index contributed by atoms with van der Waals surface area (Å²) in [6.07, 6.45) is 2.45. The number of para-hydroxylation sites is 1. The van der Waals surface area contributed by atoms with Crippen LogP contribution in [0.15, 0.2) is 70.4 Å². The summed E-state index contributed by atoms with van der Waals surface area (Å²) in [4.78, 5) is 35.2. The molecule has 5 rings (SSSR count). The molecule has 0 saturated heterocycles. The Hall–Kier alpha value is -4.33. The Morgan fingerprint density at radius 2 is 1.91 bits per heavy atom. The number of benzene rings is 2. The van der Waals surface area contributed by atoms with Crippen molar-refractivity contribution in [2.75, 3.05) is 7.11 Å². The molecular weight excluding hydrogens is 408 g/mol. The number of aryl methyl sites for hydroxylation is 2. The minimum Gasteiger partial charge on any atom is -0.507 e. The number of H-pyrrole nitrogens is 2. The maximum absolute atomic E-state index is 12.7. The second-order valence-corrected chi connectivity index (χ2v) is 7.47. The smallest absolute Gasteiger partial charge is 0.330 e. The van der Waals surface area contributed by atoms with E-state index < -0.39 is 11.2 Å². The number of hydrogen-bond donors (Lipinski definition) is 3. The summed E-state index contributed by atoms with van der Waals surface area (Å²) in [6, 6.07) is 15.9. The van der Waals surface area contributed by atoms with Crippen molar-refractivity contribution in [3.8, 4) is 22.8 Å². The van der Waals surface area contributed by atoms with Gasteiger partial charge in [0.25, 0.3) is 5.56 Å². The number of nitrogens with zero attached hydrogens (tertiary/aromatic N) is 2. The van der Waals surface area contributed by atoms with Crippen LogP contribution >= 0.6 is 0 Å². The van der Waals surface area contributed by atoms with Gasteiger partial charge < -0.3 is 14.8 Å². The molecule has 0 radical (unpaired) electrons. The van der Waals surface area contributed by atoms with E-state index in [1.807, 2.05) is 24.4 Å². The van der Waals surface area contributed by atoms with Gasteiger partial charge in [0.15, 0.2) is 0 Å². The topological polar surface area (TPSA) is 113 Å². The molecule has 32 heavy (non-hydrogen) atoms. The standard InChI is InChI=1S/C24H20N4O4/c1-32-15-6-8-19-18(12-15)14(13-25-19)10-11-28-22-17(23(30)27-24(28)31)7-9-20(26-22)16-4-2-3-5-21(16)29/h2-9,12-13,25,29H,10-11H2,1H3,(H,27,30,31). The van der Waals surface area contributed by atoms with Gasteiger partial charge in [-0.3, -0.25) is 14.3 Å². The van der Waals surface area contributed by atoms with Crippen LogP contribution in [0.25, 0.3) is 33.2 Å². The van der Waals surface area contributed by atoms with E-state index in [9.17, 15) is 14.7 Å². The van der Waals surface area contributed by atoms with Crippen LogP contribution < -0.4 is 16.0 Å². The summed E-state index contributed by atoms with van der Waals surface area (Å²) in [7, 11) is 1.62. The molecule has 5 aromatic rings. The average molecular weight is 428 g/mol. The summed E-state index contributed by atoms with van der Waals surface area (Å²) < 4.78 is 6.78. The van der Waals surface area contributed by atoms with E-state index in [0.29, 0.717) is 29.6 Å². The molecule has 0 saturated carbocycles. The number of fused-ring (bicyclic) bond motifs is 2. The second kappa shape index (κ2) is 7.73. The number of aromatic nitrogens is 4. The lowest BCUT2D eigenvalue weighted by Gasteiger charge is -2.11. The highest BCUT2D eigenvalue weighted by atomic mass is 16.5. The molecule has 0 bridgehead atoms. The van der Waals surface area contributed by atoms with Crippen molar-refractivity contribution in [1.82, 2.24) is 19.5 Å². The van der Waals surface area contributed by atoms with Crippen LogP contribution in [0.1, 0.15) is 5.56 Å². The van der Waals surface area contributed by atoms with Gasteiger partial charge in [0.1, 0.15) is 17.1 Å². The van der Waals surface area contributed by atoms with Gasteiger partial charge in [0, 0.05) is 29.2 Å². The minimum absolute atomic E-state index is 0.0748. The predicted molar refractivity (Wildman–Crippen MR) is 122 cm³/mol. The zero-order valence-electron chi connectivity index (χ0n) is 17.3. The maximum atomic E-state index is 12.7. The summed E-state index contributed by atoms with van der Waals surface area (Å²) in [6.45, 7) is 0.313. The van der Waals surface area contributed by atoms with Crippen molar-refractivity contribution in [3.63, 3.8) is 0 Å². The van der Waals surface area contributed by atoms with Crippen LogP contribution in [0.5, 0.6) is 11.5 Å². The van der Waals surface area contributed by atoms with E-state index >= 15 is 0 Å². The van der Waals surface area contributed by atoms with E-state index in [2.05, 4.69) is 15.0 Å². The summed E-state index contributed by atoms with van der Waals surface area (Å²) in [5.41, 5.74) is 2.25. The lowest BCUT2D eigenvalue weighted by atomic mass is 10.1. The van der Waals surface area contributed by atoms with Gasteiger partial charge in [-0.25, -0.2) is 9.78 Å². The predicted octanol–water partition coefficient (Wildman–Crippen LogP) is 3.19. The van der Waals surface area contributed by atoms with Gasteiger partial charge in [-0.2, -0.15) is 0 Å². The fourth-order valence-corrected chi connectivity index (χ4v) is 3.93. The van der Waals surface area contributed by atoms with Gasteiger partial charge in [0.2, 0.25) is 0 Å². The van der Waals surface area contributed by atoms with Gasteiger partial charge >= 0.3 is 5.69 Å². The van der Waals surface area contributed by atoms with Crippen molar-refractivity contribution in [1.29, 1.82) is 0 Å². The second-order valence-electron chi connectivity index (χ2n) is 7.47. The fraction of sp³-hybridized carbons (Fsp3) is 0.125. The Morgan fingerprint density at radius 1 is 1.06 bits per heavy atom. The van der Waals surface area contributed by atoms with Crippen LogP contribution in [0.4, 0.5) is 0 Å². The number of methoxy groups -OCH3 is 1. The Kier molecular flexibility index (Phi) is 4.74. The highest BCUT2D eigenvalue weighted by molar-refractivity contribution is 5.84. The molecule has 3 aromatic heterocycles. The largest absolute Gasteiger partial charge is 0.507 e. The molecule has 8 heteroatoms. The number of nitrogens with one attached hydrogen (secondary N) is 2. The number of hydrogen-bond acceptors (Lipinski definition) is 5. The van der Waals surface area contributed by atoms with Crippen molar-refractivity contribution in [2.24, 2.45) is 0 Å². The highest BCUT2D eigenvalue weighted by Crippen LogP contribution is 2.28. The first-order valence-corrected chi connectivity index (χ1v) is 10.1. The Balaban J connectivity index is 1.59. The Morgan fingerprint density at radius 3 is 2.72 bits per heavy atom. The first kappa shape index (κ1) is 19.6. The number of aromatic hydroxyl groups is 1. The zero-order valence-corrected chi connectivity index (χ0v) is 17.3. The van der Waals surface area contributed by atoms with Crippen LogP contribution in [-0.4, -0.2) is 31.7 Å². The molecule has 3 heterocycles. The van der Waals surface area contributed by atoms with Crippen molar-refractivity contribution >= 4 is 21.9 Å². The van der Waals surface area contributed by atoms with Crippen LogP contribution in [0.3, 0.4) is 0 Å². The van der Waals surface area contributed by atoms with Crippen LogP contribution in [0, 0.1) is 0 Å². The van der Waals surface area contributed by atoms with E-state index in [4.69, 9.17) is 4.74 Å². The third kappa shape index (κ3) is 3.31. The third-order valence-corrected chi connectivity index (χ3v) is 5.60. The Bertz CT molecular complexity index is 1580. The minimum atomic E-state index is -0.526.